The van der Waals surface area contributed by atoms with Crippen molar-refractivity contribution in [2.45, 2.75) is 71.1 Å². The maximum atomic E-state index is 6.98. The molecule has 0 saturated carbocycles. The van der Waals surface area contributed by atoms with Crippen molar-refractivity contribution < 1.29 is 0 Å². The zero-order valence-corrected chi connectivity index (χ0v) is 14.8. The lowest BCUT2D eigenvalue weighted by atomic mass is 10.1. The summed E-state index contributed by atoms with van der Waals surface area (Å²) in [6, 6.07) is 0. The van der Waals surface area contributed by atoms with E-state index >= 15 is 0 Å². The second-order valence-corrected chi connectivity index (χ2v) is 4.99. The number of unbranched alkanes of at least 4 members (excludes halogenated alkanes) is 9. The second-order valence-electron chi connectivity index (χ2n) is 4.99. The van der Waals surface area contributed by atoms with Crippen LogP contribution in [0.4, 0.5) is 0 Å². The first-order chi connectivity index (χ1) is 9.16. The summed E-state index contributed by atoms with van der Waals surface area (Å²) in [4.78, 5) is 4.09. The highest BCUT2D eigenvalue weighted by atomic mass is 35.5. The predicted octanol–water partition coefficient (Wildman–Crippen LogP) is 3.55. The number of nitrogens with one attached hydrogen (secondary N) is 2. The molecule has 0 aromatic rings. The molecule has 0 heterocycles. The summed E-state index contributed by atoms with van der Waals surface area (Å²) in [6.45, 7) is 2.96. The number of hydrogen-bond donors (Lipinski definition) is 4. The fraction of sp³-hybridized carbons (Fsp3) is 0.857. The predicted molar refractivity (Wildman–Crippen MR) is 97.9 cm³/mol. The van der Waals surface area contributed by atoms with Crippen LogP contribution in [0.2, 0.25) is 0 Å². The van der Waals surface area contributed by atoms with Gasteiger partial charge in [-0.2, -0.15) is 0 Å². The van der Waals surface area contributed by atoms with Gasteiger partial charge in [0.1, 0.15) is 0 Å². The van der Waals surface area contributed by atoms with E-state index in [-0.39, 0.29) is 36.7 Å². The minimum Gasteiger partial charge on any atom is -0.370 e. The van der Waals surface area contributed by atoms with Gasteiger partial charge in [-0.25, -0.2) is 0 Å². The third kappa shape index (κ3) is 21.8. The van der Waals surface area contributed by atoms with Crippen LogP contribution in [-0.4, -0.2) is 18.5 Å². The Morgan fingerprint density at radius 3 is 1.71 bits per heavy atom. The van der Waals surface area contributed by atoms with E-state index < -0.39 is 0 Å². The van der Waals surface area contributed by atoms with E-state index in [4.69, 9.17) is 16.9 Å². The summed E-state index contributed by atoms with van der Waals surface area (Å²) in [6.07, 6.45) is 13.1. The molecular formula is C14H33Cl2N5. The lowest BCUT2D eigenvalue weighted by Crippen LogP contribution is -2.40. The zero-order valence-electron chi connectivity index (χ0n) is 13.2. The second kappa shape index (κ2) is 19.3. The number of aliphatic imine (C=N–C) groups is 1. The Hall–Kier alpha value is -0.680. The van der Waals surface area contributed by atoms with Crippen LogP contribution in [0, 0.1) is 5.41 Å². The molecule has 0 aliphatic heterocycles. The van der Waals surface area contributed by atoms with Crippen LogP contribution in [0.1, 0.15) is 71.1 Å². The first-order valence-electron chi connectivity index (χ1n) is 7.57. The molecule has 0 aliphatic carbocycles. The van der Waals surface area contributed by atoms with Gasteiger partial charge in [0.15, 0.2) is 11.9 Å². The maximum absolute atomic E-state index is 6.98. The summed E-state index contributed by atoms with van der Waals surface area (Å²) in [5.41, 5.74) is 10.6. The van der Waals surface area contributed by atoms with E-state index in [9.17, 15) is 0 Å². The van der Waals surface area contributed by atoms with Crippen molar-refractivity contribution in [1.82, 2.24) is 5.32 Å². The van der Waals surface area contributed by atoms with E-state index in [1.807, 2.05) is 0 Å². The van der Waals surface area contributed by atoms with Gasteiger partial charge in [-0.1, -0.05) is 64.7 Å². The molecule has 0 amide bonds. The summed E-state index contributed by atoms with van der Waals surface area (Å²) in [5, 5.41) is 9.45. The Bertz CT molecular complexity index is 260. The molecule has 6 N–H and O–H groups in total. The van der Waals surface area contributed by atoms with Crippen LogP contribution in [0.15, 0.2) is 4.99 Å². The van der Waals surface area contributed by atoms with Crippen molar-refractivity contribution in [3.05, 3.63) is 0 Å². The molecule has 0 aliphatic rings. The Morgan fingerprint density at radius 1 is 0.857 bits per heavy atom. The Morgan fingerprint density at radius 2 is 1.29 bits per heavy atom. The molecule has 0 fully saturated rings. The van der Waals surface area contributed by atoms with Gasteiger partial charge in [0.05, 0.1) is 0 Å². The van der Waals surface area contributed by atoms with E-state index in [2.05, 4.69) is 17.2 Å². The average molecular weight is 342 g/mol. The molecule has 128 valence electrons. The van der Waals surface area contributed by atoms with Crippen molar-refractivity contribution in [2.24, 2.45) is 16.5 Å². The SMILES string of the molecule is CCCCCCCCCCCCN=C(N)NC(=N)N.Cl.Cl. The Labute approximate surface area is 142 Å². The molecule has 0 aromatic heterocycles. The number of guanidine groups is 2. The van der Waals surface area contributed by atoms with Gasteiger partial charge in [-0.05, 0) is 6.42 Å². The largest absolute Gasteiger partial charge is 0.370 e. The number of hydrogen-bond acceptors (Lipinski definition) is 2. The van der Waals surface area contributed by atoms with Crippen molar-refractivity contribution in [2.75, 3.05) is 6.54 Å². The molecule has 0 saturated heterocycles. The number of rotatable bonds is 11. The molecular weight excluding hydrogens is 309 g/mol. The van der Waals surface area contributed by atoms with Crippen LogP contribution in [0.3, 0.4) is 0 Å². The van der Waals surface area contributed by atoms with E-state index in [1.54, 1.807) is 0 Å². The standard InChI is InChI=1S/C14H31N5.2ClH/c1-2-3-4-5-6-7-8-9-10-11-12-18-14(17)19-13(15)16;;/h2-12H2,1H3,(H6,15,16,17,18,19);2*1H. The highest BCUT2D eigenvalue weighted by molar-refractivity contribution is 5.95. The Balaban J connectivity index is -0.00000162. The van der Waals surface area contributed by atoms with Crippen LogP contribution in [-0.2, 0) is 0 Å². The van der Waals surface area contributed by atoms with Gasteiger partial charge in [-0.3, -0.25) is 15.7 Å². The summed E-state index contributed by atoms with van der Waals surface area (Å²) < 4.78 is 0. The molecule has 7 heteroatoms. The molecule has 0 spiro atoms. The van der Waals surface area contributed by atoms with Gasteiger partial charge >= 0.3 is 0 Å². The minimum absolute atomic E-state index is 0. The number of nitrogens with zero attached hydrogens (tertiary/aromatic N) is 1. The van der Waals surface area contributed by atoms with Crippen molar-refractivity contribution in [3.8, 4) is 0 Å². The molecule has 21 heavy (non-hydrogen) atoms. The summed E-state index contributed by atoms with van der Waals surface area (Å²) in [5.74, 6) is 0.0766. The first-order valence-corrected chi connectivity index (χ1v) is 7.57. The highest BCUT2D eigenvalue weighted by Crippen LogP contribution is 2.10. The fourth-order valence-corrected chi connectivity index (χ4v) is 1.98. The lowest BCUT2D eigenvalue weighted by molar-refractivity contribution is 0.558. The van der Waals surface area contributed by atoms with E-state index in [1.165, 1.54) is 57.8 Å². The fourth-order valence-electron chi connectivity index (χ4n) is 1.98. The van der Waals surface area contributed by atoms with Gasteiger partial charge in [0.2, 0.25) is 0 Å². The number of nitrogens with two attached hydrogens (primary N) is 2. The van der Waals surface area contributed by atoms with Crippen LogP contribution >= 0.6 is 24.8 Å². The molecule has 0 unspecified atom stereocenters. The highest BCUT2D eigenvalue weighted by Gasteiger charge is 1.94. The zero-order chi connectivity index (χ0) is 14.3. The molecule has 0 aromatic carbocycles. The molecule has 5 nitrogen and oxygen atoms in total. The molecule has 0 bridgehead atoms. The smallest absolute Gasteiger partial charge is 0.195 e. The van der Waals surface area contributed by atoms with Crippen LogP contribution in [0.5, 0.6) is 0 Å². The normalized spacial score (nSPS) is 10.4. The van der Waals surface area contributed by atoms with Gasteiger partial charge in [0.25, 0.3) is 0 Å². The Kier molecular flexibility index (Phi) is 23.3. The first kappa shape index (κ1) is 25.3. The van der Waals surface area contributed by atoms with Crippen LogP contribution in [0.25, 0.3) is 0 Å². The van der Waals surface area contributed by atoms with Gasteiger partial charge in [0, 0.05) is 6.54 Å². The quantitative estimate of drug-likeness (QED) is 0.262. The van der Waals surface area contributed by atoms with Gasteiger partial charge < -0.3 is 11.5 Å². The third-order valence-electron chi connectivity index (χ3n) is 3.06. The third-order valence-corrected chi connectivity index (χ3v) is 3.06. The number of halogens is 2. The molecule has 0 radical (unpaired) electrons. The van der Waals surface area contributed by atoms with Crippen molar-refractivity contribution in [3.63, 3.8) is 0 Å². The molecule has 0 atom stereocenters. The van der Waals surface area contributed by atoms with E-state index in [0.29, 0.717) is 6.54 Å². The summed E-state index contributed by atoms with van der Waals surface area (Å²) >= 11 is 0. The minimum atomic E-state index is -0.163. The average Bonchev–Trinajstić information content (AvgIpc) is 2.35. The molecule has 0 rings (SSSR count). The summed E-state index contributed by atoms with van der Waals surface area (Å²) in [7, 11) is 0. The monoisotopic (exact) mass is 341 g/mol. The van der Waals surface area contributed by atoms with E-state index in [0.717, 1.165) is 6.42 Å². The van der Waals surface area contributed by atoms with Gasteiger partial charge in [-0.15, -0.1) is 24.8 Å². The van der Waals surface area contributed by atoms with Crippen LogP contribution < -0.4 is 16.8 Å². The topological polar surface area (TPSA) is 100 Å². The van der Waals surface area contributed by atoms with Crippen molar-refractivity contribution >= 4 is 36.7 Å². The maximum Gasteiger partial charge on any atom is 0.195 e. The van der Waals surface area contributed by atoms with Crippen molar-refractivity contribution in [1.29, 1.82) is 5.41 Å². The lowest BCUT2D eigenvalue weighted by Gasteiger charge is -2.03.